The van der Waals surface area contributed by atoms with Crippen LogP contribution in [0.25, 0.3) is 16.9 Å². The molecule has 3 heteroatoms. The van der Waals surface area contributed by atoms with Gasteiger partial charge in [-0.1, -0.05) is 0 Å². The van der Waals surface area contributed by atoms with E-state index >= 15 is 0 Å². The van der Waals surface area contributed by atoms with E-state index < -0.39 is 0 Å². The second-order valence-corrected chi connectivity index (χ2v) is 4.68. The normalized spacial score (nSPS) is 10.8. The summed E-state index contributed by atoms with van der Waals surface area (Å²) in [6.45, 7) is 1.98. The van der Waals surface area contributed by atoms with Crippen molar-refractivity contribution in [2.24, 2.45) is 0 Å². The highest BCUT2D eigenvalue weighted by molar-refractivity contribution is 5.64. The van der Waals surface area contributed by atoms with Crippen LogP contribution in [-0.2, 0) is 0 Å². The Morgan fingerprint density at radius 2 is 1.25 bits per heavy atom. The zero-order valence-corrected chi connectivity index (χ0v) is 11.0. The molecule has 0 amide bonds. The molecular formula is C17H13F2N. The van der Waals surface area contributed by atoms with Gasteiger partial charge in [0, 0.05) is 11.4 Å². The molecule has 100 valence electrons. The lowest BCUT2D eigenvalue weighted by Crippen LogP contribution is -1.99. The summed E-state index contributed by atoms with van der Waals surface area (Å²) in [5.41, 5.74) is 3.79. The lowest BCUT2D eigenvalue weighted by atomic mass is 10.1. The van der Waals surface area contributed by atoms with Crippen LogP contribution < -0.4 is 0 Å². The topological polar surface area (TPSA) is 4.93 Å². The summed E-state index contributed by atoms with van der Waals surface area (Å²) in [4.78, 5) is 0. The van der Waals surface area contributed by atoms with Gasteiger partial charge in [0.2, 0.25) is 0 Å². The Kier molecular flexibility index (Phi) is 3.11. The Morgan fingerprint density at radius 3 is 1.85 bits per heavy atom. The molecule has 0 N–H and O–H groups in total. The van der Waals surface area contributed by atoms with E-state index in [0.717, 1.165) is 22.6 Å². The first-order valence-electron chi connectivity index (χ1n) is 6.35. The molecule has 0 radical (unpaired) electrons. The lowest BCUT2D eigenvalue weighted by molar-refractivity contribution is 0.627. The first kappa shape index (κ1) is 12.6. The average Bonchev–Trinajstić information content (AvgIpc) is 2.83. The maximum atomic E-state index is 13.0. The number of aryl methyl sites for hydroxylation is 1. The molecule has 0 spiro atoms. The first-order chi connectivity index (χ1) is 9.65. The van der Waals surface area contributed by atoms with Crippen molar-refractivity contribution in [2.45, 2.75) is 6.92 Å². The van der Waals surface area contributed by atoms with Crippen molar-refractivity contribution < 1.29 is 8.78 Å². The van der Waals surface area contributed by atoms with Crippen molar-refractivity contribution >= 4 is 0 Å². The van der Waals surface area contributed by atoms with Crippen molar-refractivity contribution in [2.75, 3.05) is 0 Å². The third kappa shape index (κ3) is 2.23. The van der Waals surface area contributed by atoms with Crippen molar-refractivity contribution in [1.29, 1.82) is 0 Å². The van der Waals surface area contributed by atoms with Crippen LogP contribution in [0.4, 0.5) is 8.78 Å². The van der Waals surface area contributed by atoms with E-state index in [-0.39, 0.29) is 11.6 Å². The number of aromatic nitrogens is 1. The SMILES string of the molecule is Cc1ccc(-c2ccc(F)cc2)n1-c1ccc(F)cc1. The molecule has 3 rings (SSSR count). The van der Waals surface area contributed by atoms with E-state index in [2.05, 4.69) is 0 Å². The summed E-state index contributed by atoms with van der Waals surface area (Å²) in [5, 5.41) is 0. The smallest absolute Gasteiger partial charge is 0.123 e. The Morgan fingerprint density at radius 1 is 0.700 bits per heavy atom. The Bertz CT molecular complexity index is 725. The van der Waals surface area contributed by atoms with E-state index in [1.165, 1.54) is 24.3 Å². The van der Waals surface area contributed by atoms with Crippen LogP contribution in [0.2, 0.25) is 0 Å². The lowest BCUT2D eigenvalue weighted by Gasteiger charge is -2.12. The zero-order valence-electron chi connectivity index (χ0n) is 11.0. The molecule has 0 atom stereocenters. The summed E-state index contributed by atoms with van der Waals surface area (Å²) in [7, 11) is 0. The second kappa shape index (κ2) is 4.93. The summed E-state index contributed by atoms with van der Waals surface area (Å²) >= 11 is 0. The van der Waals surface area contributed by atoms with Crippen LogP contribution in [0.5, 0.6) is 0 Å². The standard InChI is InChI=1S/C17H13F2N/c1-12-2-11-17(13-3-5-14(18)6-4-13)20(12)16-9-7-15(19)8-10-16/h2-11H,1H3. The highest BCUT2D eigenvalue weighted by Crippen LogP contribution is 2.26. The van der Waals surface area contributed by atoms with Gasteiger partial charge in [0.15, 0.2) is 0 Å². The molecular weight excluding hydrogens is 256 g/mol. The molecule has 1 nitrogen and oxygen atoms in total. The first-order valence-corrected chi connectivity index (χ1v) is 6.35. The minimum absolute atomic E-state index is 0.259. The molecule has 3 aromatic rings. The average molecular weight is 269 g/mol. The maximum Gasteiger partial charge on any atom is 0.123 e. The van der Waals surface area contributed by atoms with Gasteiger partial charge in [-0.2, -0.15) is 0 Å². The minimum atomic E-state index is -0.262. The van der Waals surface area contributed by atoms with Crippen LogP contribution in [-0.4, -0.2) is 4.57 Å². The third-order valence-electron chi connectivity index (χ3n) is 3.30. The highest BCUT2D eigenvalue weighted by Gasteiger charge is 2.09. The molecule has 0 fully saturated rings. The molecule has 1 aromatic heterocycles. The monoisotopic (exact) mass is 269 g/mol. The van der Waals surface area contributed by atoms with Gasteiger partial charge in [0.1, 0.15) is 11.6 Å². The van der Waals surface area contributed by atoms with Gasteiger partial charge in [-0.05, 0) is 73.2 Å². The van der Waals surface area contributed by atoms with Crippen LogP contribution in [0.15, 0.2) is 60.7 Å². The molecule has 0 unspecified atom stereocenters. The van der Waals surface area contributed by atoms with Crippen molar-refractivity contribution in [3.8, 4) is 16.9 Å². The van der Waals surface area contributed by atoms with Gasteiger partial charge in [0.25, 0.3) is 0 Å². The summed E-state index contributed by atoms with van der Waals surface area (Å²) in [5.74, 6) is -0.521. The fourth-order valence-corrected chi connectivity index (χ4v) is 2.32. The fourth-order valence-electron chi connectivity index (χ4n) is 2.32. The Balaban J connectivity index is 2.14. The largest absolute Gasteiger partial charge is 0.314 e. The molecule has 0 aliphatic rings. The Hall–Kier alpha value is -2.42. The Labute approximate surface area is 116 Å². The highest BCUT2D eigenvalue weighted by atomic mass is 19.1. The van der Waals surface area contributed by atoms with Crippen LogP contribution in [0.3, 0.4) is 0 Å². The maximum absolute atomic E-state index is 13.0. The fraction of sp³-hybridized carbons (Fsp3) is 0.0588. The van der Waals surface area contributed by atoms with E-state index in [4.69, 9.17) is 0 Å². The molecule has 0 bridgehead atoms. The molecule has 1 heterocycles. The van der Waals surface area contributed by atoms with Gasteiger partial charge in [-0.3, -0.25) is 0 Å². The van der Waals surface area contributed by atoms with Gasteiger partial charge in [-0.25, -0.2) is 8.78 Å². The quantitative estimate of drug-likeness (QED) is 0.633. The van der Waals surface area contributed by atoms with E-state index in [1.807, 2.05) is 23.6 Å². The van der Waals surface area contributed by atoms with Crippen LogP contribution >= 0.6 is 0 Å². The number of benzene rings is 2. The number of halogens is 2. The predicted octanol–water partition coefficient (Wildman–Crippen LogP) is 4.73. The molecule has 0 aliphatic heterocycles. The van der Waals surface area contributed by atoms with Crippen LogP contribution in [0, 0.1) is 18.6 Å². The van der Waals surface area contributed by atoms with Crippen molar-refractivity contribution in [1.82, 2.24) is 4.57 Å². The van der Waals surface area contributed by atoms with Gasteiger partial charge in [-0.15, -0.1) is 0 Å². The van der Waals surface area contributed by atoms with E-state index in [9.17, 15) is 8.78 Å². The third-order valence-corrected chi connectivity index (χ3v) is 3.30. The molecule has 0 saturated carbocycles. The number of hydrogen-bond acceptors (Lipinski definition) is 0. The number of nitrogens with zero attached hydrogens (tertiary/aromatic N) is 1. The van der Waals surface area contributed by atoms with Gasteiger partial charge >= 0.3 is 0 Å². The van der Waals surface area contributed by atoms with Crippen molar-refractivity contribution in [3.05, 3.63) is 78.0 Å². The number of rotatable bonds is 2. The summed E-state index contributed by atoms with van der Waals surface area (Å²) < 4.78 is 28.1. The van der Waals surface area contributed by atoms with Gasteiger partial charge in [0.05, 0.1) is 5.69 Å². The molecule has 0 aliphatic carbocycles. The summed E-state index contributed by atoms with van der Waals surface area (Å²) in [6.07, 6.45) is 0. The molecule has 2 aromatic carbocycles. The van der Waals surface area contributed by atoms with Crippen LogP contribution in [0.1, 0.15) is 5.69 Å². The van der Waals surface area contributed by atoms with E-state index in [0.29, 0.717) is 0 Å². The van der Waals surface area contributed by atoms with Gasteiger partial charge < -0.3 is 4.57 Å². The van der Waals surface area contributed by atoms with Crippen molar-refractivity contribution in [3.63, 3.8) is 0 Å². The number of hydrogen-bond donors (Lipinski definition) is 0. The zero-order chi connectivity index (χ0) is 14.1. The molecule has 0 saturated heterocycles. The second-order valence-electron chi connectivity index (χ2n) is 4.68. The summed E-state index contributed by atoms with van der Waals surface area (Å²) in [6, 6.07) is 16.7. The minimum Gasteiger partial charge on any atom is -0.314 e. The predicted molar refractivity (Wildman–Crippen MR) is 75.9 cm³/mol. The molecule has 20 heavy (non-hydrogen) atoms. The van der Waals surface area contributed by atoms with E-state index in [1.54, 1.807) is 24.3 Å².